The van der Waals surface area contributed by atoms with E-state index in [1.165, 1.54) is 18.4 Å². The highest BCUT2D eigenvalue weighted by Gasteiger charge is 2.41. The molecule has 2 nitrogen and oxygen atoms in total. The van der Waals surface area contributed by atoms with E-state index in [1.54, 1.807) is 0 Å². The highest BCUT2D eigenvalue weighted by Crippen LogP contribution is 2.38. The van der Waals surface area contributed by atoms with Gasteiger partial charge in [-0.3, -0.25) is 4.79 Å². The van der Waals surface area contributed by atoms with Crippen LogP contribution in [0.4, 0.5) is 0 Å². The van der Waals surface area contributed by atoms with Crippen LogP contribution in [0.1, 0.15) is 48.5 Å². The SMILES string of the molecule is CCc1ccccc1C(=O)C1CC2CCC(C1)N2C. The van der Waals surface area contributed by atoms with E-state index in [2.05, 4.69) is 24.9 Å². The van der Waals surface area contributed by atoms with Crippen LogP contribution in [0.25, 0.3) is 0 Å². The fourth-order valence-electron chi connectivity index (χ4n) is 3.91. The van der Waals surface area contributed by atoms with Gasteiger partial charge in [-0.15, -0.1) is 0 Å². The molecular formula is C17H23NO. The van der Waals surface area contributed by atoms with Gasteiger partial charge >= 0.3 is 0 Å². The summed E-state index contributed by atoms with van der Waals surface area (Å²) in [6.45, 7) is 2.13. The van der Waals surface area contributed by atoms with Crippen molar-refractivity contribution in [2.75, 3.05) is 7.05 Å². The lowest BCUT2D eigenvalue weighted by molar-refractivity contribution is 0.0766. The summed E-state index contributed by atoms with van der Waals surface area (Å²) in [6.07, 6.45) is 5.62. The van der Waals surface area contributed by atoms with Crippen LogP contribution < -0.4 is 0 Å². The highest BCUT2D eigenvalue weighted by molar-refractivity contribution is 5.99. The van der Waals surface area contributed by atoms with Crippen LogP contribution in [0.15, 0.2) is 24.3 Å². The molecule has 2 unspecified atom stereocenters. The van der Waals surface area contributed by atoms with Gasteiger partial charge in [-0.2, -0.15) is 0 Å². The number of benzene rings is 1. The number of hydrogen-bond acceptors (Lipinski definition) is 2. The second kappa shape index (κ2) is 5.09. The van der Waals surface area contributed by atoms with Crippen molar-refractivity contribution in [2.45, 2.75) is 51.1 Å². The third-order valence-electron chi connectivity index (χ3n) is 5.13. The molecule has 2 atom stereocenters. The summed E-state index contributed by atoms with van der Waals surface area (Å²) in [5.41, 5.74) is 2.18. The molecule has 2 heterocycles. The van der Waals surface area contributed by atoms with Crippen LogP contribution in [-0.4, -0.2) is 29.8 Å². The quantitative estimate of drug-likeness (QED) is 0.774. The minimum absolute atomic E-state index is 0.251. The lowest BCUT2D eigenvalue weighted by atomic mass is 9.83. The standard InChI is InChI=1S/C17H23NO/c1-3-12-6-4-5-7-16(12)17(19)13-10-14-8-9-15(11-13)18(14)2/h4-7,13-15H,3,8-11H2,1-2H3. The molecule has 2 saturated heterocycles. The molecule has 2 fully saturated rings. The van der Waals surface area contributed by atoms with Gasteiger partial charge in [-0.25, -0.2) is 0 Å². The molecule has 2 aliphatic heterocycles. The number of carbonyl (C=O) groups excluding carboxylic acids is 1. The molecule has 3 rings (SSSR count). The number of piperidine rings is 1. The Labute approximate surface area is 115 Å². The molecule has 2 bridgehead atoms. The zero-order chi connectivity index (χ0) is 13.4. The molecule has 0 aliphatic carbocycles. The number of hydrogen-bond donors (Lipinski definition) is 0. The Balaban J connectivity index is 1.81. The second-order valence-corrected chi connectivity index (χ2v) is 6.09. The predicted octanol–water partition coefficient (Wildman–Crippen LogP) is 3.30. The van der Waals surface area contributed by atoms with Crippen molar-refractivity contribution in [2.24, 2.45) is 5.92 Å². The molecule has 0 aromatic heterocycles. The summed E-state index contributed by atoms with van der Waals surface area (Å²) < 4.78 is 0. The smallest absolute Gasteiger partial charge is 0.166 e. The van der Waals surface area contributed by atoms with E-state index in [9.17, 15) is 4.79 Å². The zero-order valence-electron chi connectivity index (χ0n) is 11.9. The Morgan fingerprint density at radius 1 is 1.21 bits per heavy atom. The Bertz CT molecular complexity index is 468. The summed E-state index contributed by atoms with van der Waals surface area (Å²) in [7, 11) is 2.23. The van der Waals surface area contributed by atoms with Gasteiger partial charge in [0.05, 0.1) is 0 Å². The minimum Gasteiger partial charge on any atom is -0.300 e. The Kier molecular flexibility index (Phi) is 3.44. The number of aryl methyl sites for hydroxylation is 1. The molecule has 0 saturated carbocycles. The maximum absolute atomic E-state index is 12.8. The van der Waals surface area contributed by atoms with Crippen molar-refractivity contribution >= 4 is 5.78 Å². The van der Waals surface area contributed by atoms with Gasteiger partial charge in [0, 0.05) is 23.6 Å². The maximum atomic E-state index is 12.8. The van der Waals surface area contributed by atoms with Crippen LogP contribution in [0, 0.1) is 5.92 Å². The molecule has 1 aromatic rings. The number of ketones is 1. The second-order valence-electron chi connectivity index (χ2n) is 6.09. The van der Waals surface area contributed by atoms with Crippen LogP contribution in [0.2, 0.25) is 0 Å². The van der Waals surface area contributed by atoms with Gasteiger partial charge in [0.25, 0.3) is 0 Å². The van der Waals surface area contributed by atoms with Crippen molar-refractivity contribution in [3.05, 3.63) is 35.4 Å². The van der Waals surface area contributed by atoms with Gasteiger partial charge in [0.2, 0.25) is 0 Å². The molecule has 1 aromatic carbocycles. The van der Waals surface area contributed by atoms with E-state index < -0.39 is 0 Å². The first-order chi connectivity index (χ1) is 9.20. The lowest BCUT2D eigenvalue weighted by Gasteiger charge is -2.35. The Hall–Kier alpha value is -1.15. The van der Waals surface area contributed by atoms with Gasteiger partial charge in [0.1, 0.15) is 0 Å². The molecule has 0 amide bonds. The van der Waals surface area contributed by atoms with E-state index in [4.69, 9.17) is 0 Å². The molecule has 2 aliphatic rings. The molecule has 0 N–H and O–H groups in total. The first kappa shape index (κ1) is 12.9. The van der Waals surface area contributed by atoms with Gasteiger partial charge in [0.15, 0.2) is 5.78 Å². The molecule has 102 valence electrons. The Morgan fingerprint density at radius 3 is 2.47 bits per heavy atom. The van der Waals surface area contributed by atoms with Gasteiger partial charge < -0.3 is 4.90 Å². The topological polar surface area (TPSA) is 20.3 Å². The number of Topliss-reactive ketones (excluding diaryl/α,β-unsaturated/α-hetero) is 1. The van der Waals surface area contributed by atoms with Crippen molar-refractivity contribution in [1.82, 2.24) is 4.90 Å². The van der Waals surface area contributed by atoms with E-state index in [0.717, 1.165) is 24.8 Å². The van der Waals surface area contributed by atoms with E-state index in [1.807, 2.05) is 18.2 Å². The van der Waals surface area contributed by atoms with Crippen LogP contribution in [-0.2, 0) is 6.42 Å². The first-order valence-corrected chi connectivity index (χ1v) is 7.54. The average Bonchev–Trinajstić information content (AvgIpc) is 2.68. The van der Waals surface area contributed by atoms with Crippen molar-refractivity contribution in [3.63, 3.8) is 0 Å². The predicted molar refractivity (Wildman–Crippen MR) is 77.4 cm³/mol. The van der Waals surface area contributed by atoms with Gasteiger partial charge in [-0.05, 0) is 44.7 Å². The van der Waals surface area contributed by atoms with E-state index in [0.29, 0.717) is 17.9 Å². The molecule has 2 heteroatoms. The third-order valence-corrected chi connectivity index (χ3v) is 5.13. The van der Waals surface area contributed by atoms with E-state index in [-0.39, 0.29) is 5.92 Å². The summed E-state index contributed by atoms with van der Waals surface area (Å²) >= 11 is 0. The fourth-order valence-corrected chi connectivity index (χ4v) is 3.91. The lowest BCUT2D eigenvalue weighted by Crippen LogP contribution is -2.42. The fraction of sp³-hybridized carbons (Fsp3) is 0.588. The molecule has 0 spiro atoms. The average molecular weight is 257 g/mol. The molecule has 0 radical (unpaired) electrons. The summed E-state index contributed by atoms with van der Waals surface area (Å²) in [5, 5.41) is 0. The van der Waals surface area contributed by atoms with Crippen LogP contribution in [0.5, 0.6) is 0 Å². The van der Waals surface area contributed by atoms with Crippen molar-refractivity contribution in [1.29, 1.82) is 0 Å². The third kappa shape index (κ3) is 2.23. The minimum atomic E-state index is 0.251. The normalized spacial score (nSPS) is 30.5. The number of fused-ring (bicyclic) bond motifs is 2. The van der Waals surface area contributed by atoms with Crippen molar-refractivity contribution < 1.29 is 4.79 Å². The molecule has 19 heavy (non-hydrogen) atoms. The number of rotatable bonds is 3. The first-order valence-electron chi connectivity index (χ1n) is 7.54. The van der Waals surface area contributed by atoms with Crippen LogP contribution in [0.3, 0.4) is 0 Å². The monoisotopic (exact) mass is 257 g/mol. The zero-order valence-corrected chi connectivity index (χ0v) is 11.9. The van der Waals surface area contributed by atoms with Crippen LogP contribution >= 0.6 is 0 Å². The molecular weight excluding hydrogens is 234 g/mol. The Morgan fingerprint density at radius 2 is 1.84 bits per heavy atom. The summed E-state index contributed by atoms with van der Waals surface area (Å²) in [6, 6.07) is 9.42. The highest BCUT2D eigenvalue weighted by atomic mass is 16.1. The largest absolute Gasteiger partial charge is 0.300 e. The maximum Gasteiger partial charge on any atom is 0.166 e. The number of carbonyl (C=O) groups is 1. The van der Waals surface area contributed by atoms with Crippen molar-refractivity contribution in [3.8, 4) is 0 Å². The summed E-state index contributed by atoms with van der Waals surface area (Å²) in [5.74, 6) is 0.642. The van der Waals surface area contributed by atoms with Gasteiger partial charge in [-0.1, -0.05) is 31.2 Å². The number of nitrogens with zero attached hydrogens (tertiary/aromatic N) is 1. The van der Waals surface area contributed by atoms with E-state index >= 15 is 0 Å². The summed E-state index contributed by atoms with van der Waals surface area (Å²) in [4.78, 5) is 15.3.